The van der Waals surface area contributed by atoms with E-state index < -0.39 is 11.9 Å². The average Bonchev–Trinajstić information content (AvgIpc) is 3.25. The summed E-state index contributed by atoms with van der Waals surface area (Å²) in [6, 6.07) is 8.12. The summed E-state index contributed by atoms with van der Waals surface area (Å²) in [6.07, 6.45) is 2.67. The molecule has 2 N–H and O–H groups in total. The summed E-state index contributed by atoms with van der Waals surface area (Å²) >= 11 is 0. The van der Waals surface area contributed by atoms with Crippen molar-refractivity contribution in [1.82, 2.24) is 5.32 Å². The molecule has 0 aliphatic heterocycles. The molecule has 9 nitrogen and oxygen atoms in total. The van der Waals surface area contributed by atoms with Crippen LogP contribution in [0.25, 0.3) is 0 Å². The highest BCUT2D eigenvalue weighted by Gasteiger charge is 2.18. The van der Waals surface area contributed by atoms with Crippen molar-refractivity contribution in [2.45, 2.75) is 6.54 Å². The van der Waals surface area contributed by atoms with E-state index in [1.54, 1.807) is 18.2 Å². The monoisotopic (exact) mass is 385 g/mol. The molecule has 0 saturated carbocycles. The van der Waals surface area contributed by atoms with Crippen LogP contribution < -0.4 is 20.1 Å². The van der Waals surface area contributed by atoms with Crippen LogP contribution in [0, 0.1) is 11.3 Å². The van der Waals surface area contributed by atoms with Gasteiger partial charge in [-0.05, 0) is 12.1 Å². The van der Waals surface area contributed by atoms with E-state index in [-0.39, 0.29) is 23.4 Å². The van der Waals surface area contributed by atoms with Gasteiger partial charge in [0.1, 0.15) is 17.4 Å². The second-order valence-electron chi connectivity index (χ2n) is 5.32. The van der Waals surface area contributed by atoms with E-state index >= 15 is 0 Å². The van der Waals surface area contributed by atoms with E-state index in [2.05, 4.69) is 10.6 Å². The Hall–Kier alpha value is -3.93. The molecule has 9 heteroatoms. The Morgan fingerprint density at radius 2 is 1.93 bits per heavy atom. The normalized spacial score (nSPS) is 10.6. The highest BCUT2D eigenvalue weighted by atomic mass is 16.5. The summed E-state index contributed by atoms with van der Waals surface area (Å²) in [5.74, 6) is -0.00319. The number of carbonyl (C=O) groups excluding carboxylic acids is 2. The van der Waals surface area contributed by atoms with Gasteiger partial charge in [0.05, 0.1) is 45.4 Å². The molecule has 0 fully saturated rings. The van der Waals surface area contributed by atoms with Gasteiger partial charge in [0, 0.05) is 18.3 Å². The SMILES string of the molecule is COC(=O)c1cc(OC)c(OC)cc1NC=C(C#N)C(=O)NCc1ccco1. The number of rotatable bonds is 8. The molecule has 2 rings (SSSR count). The number of anilines is 1. The van der Waals surface area contributed by atoms with Gasteiger partial charge in [0.2, 0.25) is 0 Å². The fraction of sp³-hybridized carbons (Fsp3) is 0.211. The lowest BCUT2D eigenvalue weighted by Gasteiger charge is -2.14. The van der Waals surface area contributed by atoms with Crippen LogP contribution in [0.3, 0.4) is 0 Å². The first kappa shape index (κ1) is 20.4. The maximum Gasteiger partial charge on any atom is 0.340 e. The van der Waals surface area contributed by atoms with Crippen molar-refractivity contribution in [2.24, 2.45) is 0 Å². The Kier molecular flexibility index (Phi) is 7.05. The van der Waals surface area contributed by atoms with Crippen molar-refractivity contribution < 1.29 is 28.2 Å². The Morgan fingerprint density at radius 3 is 2.50 bits per heavy atom. The molecule has 0 saturated heterocycles. The fourth-order valence-corrected chi connectivity index (χ4v) is 2.25. The summed E-state index contributed by atoms with van der Waals surface area (Å²) in [5, 5.41) is 14.6. The molecule has 28 heavy (non-hydrogen) atoms. The van der Waals surface area contributed by atoms with Crippen LogP contribution in [0.1, 0.15) is 16.1 Å². The van der Waals surface area contributed by atoms with Gasteiger partial charge in [-0.15, -0.1) is 0 Å². The van der Waals surface area contributed by atoms with E-state index in [1.807, 2.05) is 0 Å². The summed E-state index contributed by atoms with van der Waals surface area (Å²) in [5.41, 5.74) is 0.220. The number of methoxy groups -OCH3 is 3. The van der Waals surface area contributed by atoms with Crippen LogP contribution in [0.15, 0.2) is 46.7 Å². The lowest BCUT2D eigenvalue weighted by Crippen LogP contribution is -2.24. The lowest BCUT2D eigenvalue weighted by molar-refractivity contribution is -0.117. The van der Waals surface area contributed by atoms with Gasteiger partial charge in [-0.2, -0.15) is 5.26 Å². The van der Waals surface area contributed by atoms with Gasteiger partial charge >= 0.3 is 5.97 Å². The number of nitrogens with zero attached hydrogens (tertiary/aromatic N) is 1. The Balaban J connectivity index is 2.24. The van der Waals surface area contributed by atoms with Crippen LogP contribution in [0.4, 0.5) is 5.69 Å². The first-order valence-corrected chi connectivity index (χ1v) is 8.05. The molecule has 0 bridgehead atoms. The van der Waals surface area contributed by atoms with Gasteiger partial charge in [0.25, 0.3) is 5.91 Å². The van der Waals surface area contributed by atoms with Crippen LogP contribution in [-0.2, 0) is 16.1 Å². The zero-order chi connectivity index (χ0) is 20.5. The smallest absolute Gasteiger partial charge is 0.340 e. The van der Waals surface area contributed by atoms with Crippen molar-refractivity contribution >= 4 is 17.6 Å². The van der Waals surface area contributed by atoms with Crippen molar-refractivity contribution in [3.63, 3.8) is 0 Å². The number of ether oxygens (including phenoxy) is 3. The fourth-order valence-electron chi connectivity index (χ4n) is 2.25. The van der Waals surface area contributed by atoms with Gasteiger partial charge < -0.3 is 29.3 Å². The van der Waals surface area contributed by atoms with Gasteiger partial charge in [-0.25, -0.2) is 4.79 Å². The van der Waals surface area contributed by atoms with E-state index in [4.69, 9.17) is 18.6 Å². The second kappa shape index (κ2) is 9.68. The summed E-state index contributed by atoms with van der Waals surface area (Å²) < 4.78 is 20.3. The largest absolute Gasteiger partial charge is 0.493 e. The number of carbonyl (C=O) groups is 2. The summed E-state index contributed by atoms with van der Waals surface area (Å²) in [4.78, 5) is 24.2. The minimum Gasteiger partial charge on any atom is -0.493 e. The number of benzene rings is 1. The van der Waals surface area contributed by atoms with Crippen LogP contribution in [0.5, 0.6) is 11.5 Å². The number of amides is 1. The number of esters is 1. The standard InChI is InChI=1S/C19H19N3O6/c1-25-16-7-14(19(24)27-3)15(8-17(16)26-2)21-10-12(9-20)18(23)22-11-13-5-4-6-28-13/h4-8,10,21H,11H2,1-3H3,(H,22,23). The summed E-state index contributed by atoms with van der Waals surface area (Å²) in [7, 11) is 4.11. The molecular formula is C19H19N3O6. The van der Waals surface area contributed by atoms with E-state index in [9.17, 15) is 14.9 Å². The molecule has 0 atom stereocenters. The van der Waals surface area contributed by atoms with Crippen molar-refractivity contribution in [3.8, 4) is 17.6 Å². The predicted octanol–water partition coefficient (Wildman–Crippen LogP) is 2.22. The van der Waals surface area contributed by atoms with Crippen molar-refractivity contribution in [3.05, 3.63) is 53.6 Å². The molecular weight excluding hydrogens is 366 g/mol. The molecule has 2 aromatic rings. The average molecular weight is 385 g/mol. The number of hydrogen-bond acceptors (Lipinski definition) is 8. The second-order valence-corrected chi connectivity index (χ2v) is 5.32. The maximum absolute atomic E-state index is 12.2. The highest BCUT2D eigenvalue weighted by molar-refractivity contribution is 5.99. The minimum absolute atomic E-state index is 0.134. The van der Waals surface area contributed by atoms with Crippen LogP contribution in [-0.4, -0.2) is 33.2 Å². The molecule has 1 amide bonds. The molecule has 0 spiro atoms. The summed E-state index contributed by atoms with van der Waals surface area (Å²) in [6.45, 7) is 0.134. The number of hydrogen-bond donors (Lipinski definition) is 2. The molecule has 1 aromatic carbocycles. The van der Waals surface area contributed by atoms with Gasteiger partial charge in [-0.1, -0.05) is 0 Å². The van der Waals surface area contributed by atoms with Crippen molar-refractivity contribution in [1.29, 1.82) is 5.26 Å². The quantitative estimate of drug-likeness (QED) is 0.403. The third-order valence-corrected chi connectivity index (χ3v) is 3.67. The van der Waals surface area contributed by atoms with E-state index in [1.165, 1.54) is 45.9 Å². The van der Waals surface area contributed by atoms with Crippen LogP contribution >= 0.6 is 0 Å². The molecule has 1 aromatic heterocycles. The van der Waals surface area contributed by atoms with Crippen LogP contribution in [0.2, 0.25) is 0 Å². The lowest BCUT2D eigenvalue weighted by atomic mass is 10.1. The number of furan rings is 1. The Morgan fingerprint density at radius 1 is 1.21 bits per heavy atom. The first-order valence-electron chi connectivity index (χ1n) is 8.05. The molecule has 0 radical (unpaired) electrons. The Labute approximate surface area is 161 Å². The van der Waals surface area contributed by atoms with Crippen molar-refractivity contribution in [2.75, 3.05) is 26.6 Å². The van der Waals surface area contributed by atoms with E-state index in [0.29, 0.717) is 17.3 Å². The third-order valence-electron chi connectivity index (χ3n) is 3.67. The third kappa shape index (κ3) is 4.82. The zero-order valence-electron chi connectivity index (χ0n) is 15.6. The zero-order valence-corrected chi connectivity index (χ0v) is 15.6. The van der Waals surface area contributed by atoms with Gasteiger partial charge in [-0.3, -0.25) is 4.79 Å². The number of nitriles is 1. The topological polar surface area (TPSA) is 123 Å². The first-order chi connectivity index (χ1) is 13.5. The number of nitrogens with one attached hydrogen (secondary N) is 2. The van der Waals surface area contributed by atoms with E-state index in [0.717, 1.165) is 0 Å². The molecule has 146 valence electrons. The molecule has 1 heterocycles. The van der Waals surface area contributed by atoms with Gasteiger partial charge in [0.15, 0.2) is 11.5 Å². The highest BCUT2D eigenvalue weighted by Crippen LogP contribution is 2.33. The predicted molar refractivity (Wildman–Crippen MR) is 98.8 cm³/mol. The molecule has 0 unspecified atom stereocenters. The minimum atomic E-state index is -0.627. The maximum atomic E-state index is 12.2. The molecule has 0 aliphatic rings. The Bertz CT molecular complexity index is 912. The molecule has 0 aliphatic carbocycles.